The quantitative estimate of drug-likeness (QED) is 0.464. The first-order chi connectivity index (χ1) is 7.24. The second kappa shape index (κ2) is 9.77. The summed E-state index contributed by atoms with van der Waals surface area (Å²) in [5, 5.41) is 0. The van der Waals surface area contributed by atoms with E-state index in [1.807, 2.05) is 6.92 Å². The molecule has 0 amide bonds. The van der Waals surface area contributed by atoms with Gasteiger partial charge in [-0.15, -0.1) is 0 Å². The fraction of sp³-hybridized carbons (Fsp3) is 0.909. The molecule has 0 aliphatic heterocycles. The maximum absolute atomic E-state index is 10.9. The van der Waals surface area contributed by atoms with Gasteiger partial charge in [0.15, 0.2) is 6.79 Å². The molecule has 0 heterocycles. The van der Waals surface area contributed by atoms with Gasteiger partial charge in [0.05, 0.1) is 12.7 Å². The SMILES string of the molecule is CCCOC(=O)OCOC(CC)CCC. The Morgan fingerprint density at radius 3 is 2.40 bits per heavy atom. The maximum Gasteiger partial charge on any atom is 0.510 e. The highest BCUT2D eigenvalue weighted by molar-refractivity contribution is 5.59. The average molecular weight is 218 g/mol. The van der Waals surface area contributed by atoms with Crippen LogP contribution in [0.3, 0.4) is 0 Å². The first-order valence-electron chi connectivity index (χ1n) is 5.65. The molecule has 0 bridgehead atoms. The lowest BCUT2D eigenvalue weighted by Crippen LogP contribution is -2.17. The highest BCUT2D eigenvalue weighted by atomic mass is 16.8. The van der Waals surface area contributed by atoms with Crippen LogP contribution < -0.4 is 0 Å². The summed E-state index contributed by atoms with van der Waals surface area (Å²) < 4.78 is 14.8. The van der Waals surface area contributed by atoms with Crippen LogP contribution in [0.15, 0.2) is 0 Å². The van der Waals surface area contributed by atoms with Gasteiger partial charge >= 0.3 is 6.16 Å². The van der Waals surface area contributed by atoms with E-state index in [1.165, 1.54) is 0 Å². The van der Waals surface area contributed by atoms with Crippen molar-refractivity contribution < 1.29 is 19.0 Å². The molecular weight excluding hydrogens is 196 g/mol. The Labute approximate surface area is 91.9 Å². The summed E-state index contributed by atoms with van der Waals surface area (Å²) >= 11 is 0. The number of hydrogen-bond acceptors (Lipinski definition) is 4. The van der Waals surface area contributed by atoms with Gasteiger partial charge in [-0.1, -0.05) is 27.2 Å². The lowest BCUT2D eigenvalue weighted by molar-refractivity contribution is -0.0794. The van der Waals surface area contributed by atoms with Gasteiger partial charge in [-0.25, -0.2) is 4.79 Å². The molecule has 0 saturated carbocycles. The Kier molecular flexibility index (Phi) is 9.27. The van der Waals surface area contributed by atoms with Gasteiger partial charge in [-0.3, -0.25) is 0 Å². The summed E-state index contributed by atoms with van der Waals surface area (Å²) in [5.41, 5.74) is 0. The third-order valence-electron chi connectivity index (χ3n) is 1.97. The summed E-state index contributed by atoms with van der Waals surface area (Å²) in [6, 6.07) is 0. The van der Waals surface area contributed by atoms with Gasteiger partial charge in [0.2, 0.25) is 0 Å². The topological polar surface area (TPSA) is 44.8 Å². The molecule has 0 radical (unpaired) electrons. The Hall–Kier alpha value is -0.770. The van der Waals surface area contributed by atoms with E-state index in [4.69, 9.17) is 14.2 Å². The second-order valence-corrected chi connectivity index (χ2v) is 3.35. The molecular formula is C11H22O4. The zero-order chi connectivity index (χ0) is 11.5. The van der Waals surface area contributed by atoms with Gasteiger partial charge in [-0.05, 0) is 19.3 Å². The van der Waals surface area contributed by atoms with E-state index >= 15 is 0 Å². The van der Waals surface area contributed by atoms with Crippen molar-refractivity contribution in [3.8, 4) is 0 Å². The molecule has 90 valence electrons. The summed E-state index contributed by atoms with van der Waals surface area (Å²) in [6.07, 6.45) is 3.31. The summed E-state index contributed by atoms with van der Waals surface area (Å²) in [5.74, 6) is 0. The molecule has 4 nitrogen and oxygen atoms in total. The van der Waals surface area contributed by atoms with Crippen molar-refractivity contribution in [1.82, 2.24) is 0 Å². The monoisotopic (exact) mass is 218 g/mol. The van der Waals surface area contributed by atoms with E-state index < -0.39 is 6.16 Å². The Morgan fingerprint density at radius 1 is 1.13 bits per heavy atom. The first kappa shape index (κ1) is 14.2. The van der Waals surface area contributed by atoms with Crippen molar-refractivity contribution in [1.29, 1.82) is 0 Å². The number of carbonyl (C=O) groups is 1. The molecule has 0 saturated heterocycles. The van der Waals surface area contributed by atoms with Crippen LogP contribution in [0.25, 0.3) is 0 Å². The molecule has 0 aliphatic carbocycles. The van der Waals surface area contributed by atoms with Crippen molar-refractivity contribution >= 4 is 6.16 Å². The molecule has 4 heteroatoms. The lowest BCUT2D eigenvalue weighted by Gasteiger charge is -2.14. The number of carbonyl (C=O) groups excluding carboxylic acids is 1. The average Bonchev–Trinajstić information content (AvgIpc) is 2.25. The van der Waals surface area contributed by atoms with Crippen LogP contribution in [-0.2, 0) is 14.2 Å². The van der Waals surface area contributed by atoms with Crippen LogP contribution in [0.2, 0.25) is 0 Å². The highest BCUT2D eigenvalue weighted by Gasteiger charge is 2.07. The summed E-state index contributed by atoms with van der Waals surface area (Å²) in [4.78, 5) is 10.9. The van der Waals surface area contributed by atoms with Crippen LogP contribution in [0.4, 0.5) is 4.79 Å². The van der Waals surface area contributed by atoms with Crippen molar-refractivity contribution in [2.24, 2.45) is 0 Å². The minimum Gasteiger partial charge on any atom is -0.434 e. The molecule has 0 aromatic rings. The fourth-order valence-electron chi connectivity index (χ4n) is 1.13. The Morgan fingerprint density at radius 2 is 1.87 bits per heavy atom. The number of ether oxygens (including phenoxy) is 3. The third kappa shape index (κ3) is 8.24. The Balaban J connectivity index is 3.45. The molecule has 0 rings (SSSR count). The lowest BCUT2D eigenvalue weighted by atomic mass is 10.2. The standard InChI is InChI=1S/C11H22O4/c1-4-7-10(6-3)14-9-15-11(12)13-8-5-2/h10H,4-9H2,1-3H3. The van der Waals surface area contributed by atoms with Crippen LogP contribution in [0.5, 0.6) is 0 Å². The third-order valence-corrected chi connectivity index (χ3v) is 1.97. The maximum atomic E-state index is 10.9. The van der Waals surface area contributed by atoms with E-state index in [-0.39, 0.29) is 12.9 Å². The second-order valence-electron chi connectivity index (χ2n) is 3.35. The molecule has 0 N–H and O–H groups in total. The van der Waals surface area contributed by atoms with Gasteiger partial charge < -0.3 is 14.2 Å². The van der Waals surface area contributed by atoms with E-state index in [2.05, 4.69) is 13.8 Å². The smallest absolute Gasteiger partial charge is 0.434 e. The zero-order valence-corrected chi connectivity index (χ0v) is 9.95. The van der Waals surface area contributed by atoms with Crippen LogP contribution in [0, 0.1) is 0 Å². The van der Waals surface area contributed by atoms with Crippen molar-refractivity contribution in [2.75, 3.05) is 13.4 Å². The molecule has 0 aliphatic rings. The van der Waals surface area contributed by atoms with E-state index in [1.54, 1.807) is 0 Å². The molecule has 1 atom stereocenters. The van der Waals surface area contributed by atoms with Gasteiger partial charge in [-0.2, -0.15) is 0 Å². The normalized spacial score (nSPS) is 12.2. The number of hydrogen-bond donors (Lipinski definition) is 0. The minimum atomic E-state index is -0.650. The van der Waals surface area contributed by atoms with Gasteiger partial charge in [0, 0.05) is 0 Å². The van der Waals surface area contributed by atoms with Crippen LogP contribution >= 0.6 is 0 Å². The van der Waals surface area contributed by atoms with Crippen LogP contribution in [0.1, 0.15) is 46.5 Å². The molecule has 0 spiro atoms. The molecule has 1 unspecified atom stereocenters. The Bertz CT molecular complexity index is 159. The van der Waals surface area contributed by atoms with Gasteiger partial charge in [0.25, 0.3) is 0 Å². The van der Waals surface area contributed by atoms with Crippen LogP contribution in [-0.4, -0.2) is 25.7 Å². The molecule has 15 heavy (non-hydrogen) atoms. The fourth-order valence-corrected chi connectivity index (χ4v) is 1.13. The van der Waals surface area contributed by atoms with Crippen molar-refractivity contribution in [3.05, 3.63) is 0 Å². The number of rotatable bonds is 8. The highest BCUT2D eigenvalue weighted by Crippen LogP contribution is 2.06. The summed E-state index contributed by atoms with van der Waals surface area (Å²) in [7, 11) is 0. The molecule has 0 aromatic heterocycles. The van der Waals surface area contributed by atoms with E-state index in [0.717, 1.165) is 25.7 Å². The predicted molar refractivity (Wildman–Crippen MR) is 57.7 cm³/mol. The van der Waals surface area contributed by atoms with E-state index in [0.29, 0.717) is 6.61 Å². The minimum absolute atomic E-state index is 0.0128. The zero-order valence-electron chi connectivity index (χ0n) is 9.95. The van der Waals surface area contributed by atoms with Crippen molar-refractivity contribution in [3.63, 3.8) is 0 Å². The molecule has 0 fully saturated rings. The summed E-state index contributed by atoms with van der Waals surface area (Å²) in [6.45, 7) is 6.46. The largest absolute Gasteiger partial charge is 0.510 e. The predicted octanol–water partition coefficient (Wildman–Crippen LogP) is 3.10. The van der Waals surface area contributed by atoms with Gasteiger partial charge in [0.1, 0.15) is 0 Å². The molecule has 0 aromatic carbocycles. The first-order valence-corrected chi connectivity index (χ1v) is 5.65. The van der Waals surface area contributed by atoms with Crippen molar-refractivity contribution in [2.45, 2.75) is 52.6 Å². The van der Waals surface area contributed by atoms with E-state index in [9.17, 15) is 4.79 Å².